The van der Waals surface area contributed by atoms with Crippen molar-refractivity contribution in [1.29, 1.82) is 0 Å². The minimum absolute atomic E-state index is 0.0336. The van der Waals surface area contributed by atoms with Crippen molar-refractivity contribution in [3.8, 4) is 0 Å². The van der Waals surface area contributed by atoms with Gasteiger partial charge in [0, 0.05) is 12.1 Å². The Morgan fingerprint density at radius 1 is 1.70 bits per heavy atom. The van der Waals surface area contributed by atoms with E-state index in [0.29, 0.717) is 5.92 Å². The lowest BCUT2D eigenvalue weighted by Crippen LogP contribution is -2.25. The van der Waals surface area contributed by atoms with Crippen LogP contribution in [-0.4, -0.2) is 17.4 Å². The minimum atomic E-state index is 0.0336. The molecule has 2 aliphatic heterocycles. The summed E-state index contributed by atoms with van der Waals surface area (Å²) in [5.41, 5.74) is 0. The molecule has 0 aliphatic carbocycles. The summed E-state index contributed by atoms with van der Waals surface area (Å²) in [4.78, 5) is 14.8. The lowest BCUT2D eigenvalue weighted by molar-refractivity contribution is -0.118. The van der Waals surface area contributed by atoms with Gasteiger partial charge >= 0.3 is 0 Å². The van der Waals surface area contributed by atoms with Gasteiger partial charge in [-0.05, 0) is 11.8 Å². The highest BCUT2D eigenvalue weighted by molar-refractivity contribution is 8.03. The van der Waals surface area contributed by atoms with Gasteiger partial charge in [-0.3, -0.25) is 4.79 Å². The number of hydrogen-bond acceptors (Lipinski definition) is 2. The molecule has 1 amide bonds. The van der Waals surface area contributed by atoms with Crippen molar-refractivity contribution in [2.75, 3.05) is 0 Å². The second kappa shape index (κ2) is 2.23. The Kier molecular flexibility index (Phi) is 1.38. The van der Waals surface area contributed by atoms with Crippen molar-refractivity contribution in [3.05, 3.63) is 11.5 Å². The molecule has 0 spiro atoms. The van der Waals surface area contributed by atoms with E-state index in [1.807, 2.05) is 5.41 Å². The zero-order valence-electron chi connectivity index (χ0n) is 5.36. The molecule has 52 valence electrons. The third-order valence-corrected chi connectivity index (χ3v) is 2.94. The standard InChI is InChI=1S/C7H7NOS/c9-7-6-5(1-3-8-7)2-4-10-6/h2-6H,1H2. The molecule has 0 saturated carbocycles. The lowest BCUT2D eigenvalue weighted by Gasteiger charge is -2.16. The van der Waals surface area contributed by atoms with Crippen LogP contribution in [0, 0.1) is 5.92 Å². The number of rotatable bonds is 0. The average molecular weight is 153 g/mol. The molecule has 2 rings (SSSR count). The minimum Gasteiger partial charge on any atom is -0.271 e. The molecule has 0 fully saturated rings. The Labute approximate surface area is 63.4 Å². The van der Waals surface area contributed by atoms with E-state index in [1.54, 1.807) is 18.0 Å². The summed E-state index contributed by atoms with van der Waals surface area (Å²) < 4.78 is 0. The summed E-state index contributed by atoms with van der Waals surface area (Å²) in [6.45, 7) is 0. The number of fused-ring (bicyclic) bond motifs is 1. The van der Waals surface area contributed by atoms with Gasteiger partial charge in [-0.25, -0.2) is 4.99 Å². The molecule has 0 bridgehead atoms. The first-order chi connectivity index (χ1) is 4.88. The fourth-order valence-corrected chi connectivity index (χ4v) is 2.26. The maximum atomic E-state index is 11.0. The third-order valence-electron chi connectivity index (χ3n) is 1.78. The monoisotopic (exact) mass is 153 g/mol. The first kappa shape index (κ1) is 6.16. The Hall–Kier alpha value is -0.570. The first-order valence-electron chi connectivity index (χ1n) is 3.26. The van der Waals surface area contributed by atoms with Crippen molar-refractivity contribution < 1.29 is 4.79 Å². The highest BCUT2D eigenvalue weighted by Gasteiger charge is 2.31. The molecular weight excluding hydrogens is 146 g/mol. The molecule has 0 aromatic heterocycles. The molecule has 0 N–H and O–H groups in total. The van der Waals surface area contributed by atoms with Gasteiger partial charge in [0.25, 0.3) is 5.91 Å². The zero-order chi connectivity index (χ0) is 6.97. The highest BCUT2D eigenvalue weighted by atomic mass is 32.2. The highest BCUT2D eigenvalue weighted by Crippen LogP contribution is 2.34. The molecule has 0 radical (unpaired) electrons. The maximum absolute atomic E-state index is 11.0. The van der Waals surface area contributed by atoms with Gasteiger partial charge < -0.3 is 0 Å². The average Bonchev–Trinajstić information content (AvgIpc) is 2.36. The quantitative estimate of drug-likeness (QED) is 0.524. The lowest BCUT2D eigenvalue weighted by atomic mass is 10.00. The molecule has 2 aliphatic rings. The van der Waals surface area contributed by atoms with Gasteiger partial charge in [-0.2, -0.15) is 0 Å². The van der Waals surface area contributed by atoms with Crippen LogP contribution in [0.2, 0.25) is 0 Å². The van der Waals surface area contributed by atoms with Crippen LogP contribution in [0.5, 0.6) is 0 Å². The molecule has 0 aromatic rings. The fourth-order valence-electron chi connectivity index (χ4n) is 1.21. The van der Waals surface area contributed by atoms with Crippen molar-refractivity contribution in [2.24, 2.45) is 10.9 Å². The van der Waals surface area contributed by atoms with E-state index in [0.717, 1.165) is 6.42 Å². The fraction of sp³-hybridized carbons (Fsp3) is 0.429. The topological polar surface area (TPSA) is 29.4 Å². The smallest absolute Gasteiger partial charge is 0.259 e. The Bertz CT molecular complexity index is 222. The summed E-state index contributed by atoms with van der Waals surface area (Å²) in [6.07, 6.45) is 4.75. The number of aliphatic imine (C=N–C) groups is 1. The largest absolute Gasteiger partial charge is 0.271 e. The van der Waals surface area contributed by atoms with Gasteiger partial charge in [0.05, 0.1) is 5.25 Å². The van der Waals surface area contributed by atoms with Crippen molar-refractivity contribution in [3.63, 3.8) is 0 Å². The van der Waals surface area contributed by atoms with Gasteiger partial charge in [0.1, 0.15) is 0 Å². The third kappa shape index (κ3) is 0.814. The summed E-state index contributed by atoms with van der Waals surface area (Å²) >= 11 is 1.59. The van der Waals surface area contributed by atoms with E-state index in [1.165, 1.54) is 0 Å². The molecule has 2 heterocycles. The van der Waals surface area contributed by atoms with Gasteiger partial charge in [-0.1, -0.05) is 6.08 Å². The molecular formula is C7H7NOS. The van der Waals surface area contributed by atoms with Gasteiger partial charge in [0.2, 0.25) is 0 Å². The van der Waals surface area contributed by atoms with Gasteiger partial charge in [0.15, 0.2) is 0 Å². The van der Waals surface area contributed by atoms with E-state index < -0.39 is 0 Å². The van der Waals surface area contributed by atoms with Crippen LogP contribution in [0.15, 0.2) is 16.5 Å². The van der Waals surface area contributed by atoms with Crippen molar-refractivity contribution in [1.82, 2.24) is 0 Å². The molecule has 3 heteroatoms. The number of amides is 1. The maximum Gasteiger partial charge on any atom is 0.259 e. The Morgan fingerprint density at radius 2 is 2.60 bits per heavy atom. The van der Waals surface area contributed by atoms with Crippen molar-refractivity contribution >= 4 is 23.9 Å². The molecule has 10 heavy (non-hydrogen) atoms. The van der Waals surface area contributed by atoms with Crippen LogP contribution in [0.4, 0.5) is 0 Å². The second-order valence-corrected chi connectivity index (χ2v) is 3.49. The molecule has 2 unspecified atom stereocenters. The Morgan fingerprint density at radius 3 is 3.40 bits per heavy atom. The van der Waals surface area contributed by atoms with E-state index in [4.69, 9.17) is 0 Å². The predicted molar refractivity (Wildman–Crippen MR) is 42.1 cm³/mol. The summed E-state index contributed by atoms with van der Waals surface area (Å²) in [5, 5.41) is 2.10. The number of nitrogens with zero attached hydrogens (tertiary/aromatic N) is 1. The SMILES string of the molecule is O=C1N=CCC2C=CSC12. The van der Waals surface area contributed by atoms with E-state index >= 15 is 0 Å². The van der Waals surface area contributed by atoms with E-state index in [9.17, 15) is 4.79 Å². The molecule has 2 atom stereocenters. The van der Waals surface area contributed by atoms with Crippen LogP contribution in [0.3, 0.4) is 0 Å². The number of carbonyl (C=O) groups is 1. The second-order valence-electron chi connectivity index (χ2n) is 2.43. The van der Waals surface area contributed by atoms with E-state index in [2.05, 4.69) is 11.1 Å². The summed E-state index contributed by atoms with van der Waals surface area (Å²) in [7, 11) is 0. The normalized spacial score (nSPS) is 36.6. The van der Waals surface area contributed by atoms with Crippen LogP contribution in [0.25, 0.3) is 0 Å². The van der Waals surface area contributed by atoms with Crippen LogP contribution in [-0.2, 0) is 4.79 Å². The van der Waals surface area contributed by atoms with Crippen molar-refractivity contribution in [2.45, 2.75) is 11.7 Å². The number of allylic oxidation sites excluding steroid dienone is 1. The molecule has 0 saturated heterocycles. The zero-order valence-corrected chi connectivity index (χ0v) is 6.17. The molecule has 2 nitrogen and oxygen atoms in total. The van der Waals surface area contributed by atoms with Gasteiger partial charge in [-0.15, -0.1) is 11.8 Å². The summed E-state index contributed by atoms with van der Waals surface area (Å²) in [6, 6.07) is 0. The van der Waals surface area contributed by atoms with Crippen LogP contribution < -0.4 is 0 Å². The van der Waals surface area contributed by atoms with Crippen LogP contribution in [0.1, 0.15) is 6.42 Å². The predicted octanol–water partition coefficient (Wildman–Crippen LogP) is 1.23. The summed E-state index contributed by atoms with van der Waals surface area (Å²) in [5.74, 6) is 0.459. The van der Waals surface area contributed by atoms with E-state index in [-0.39, 0.29) is 11.2 Å². The number of hydrogen-bond donors (Lipinski definition) is 0. The Balaban J connectivity index is 2.25. The number of carbonyl (C=O) groups excluding carboxylic acids is 1. The first-order valence-corrected chi connectivity index (χ1v) is 4.21. The van der Waals surface area contributed by atoms with Crippen LogP contribution >= 0.6 is 11.8 Å². The number of thioether (sulfide) groups is 1. The molecule has 0 aromatic carbocycles.